The molecule has 90 valence electrons. The Bertz CT molecular complexity index is 366. The van der Waals surface area contributed by atoms with Crippen LogP contribution in [0.3, 0.4) is 0 Å². The Labute approximate surface area is 92.8 Å². The Kier molecular flexibility index (Phi) is 4.16. The Hall–Kier alpha value is -1.25. The quantitative estimate of drug-likeness (QED) is 0.888. The highest BCUT2D eigenvalue weighted by molar-refractivity contribution is 7.98. The SMILES string of the molecule is CSCCC(=O)Nc1nc(C(F)(F)F)no1. The first-order chi connectivity index (χ1) is 7.43. The van der Waals surface area contributed by atoms with Gasteiger partial charge in [-0.3, -0.25) is 10.1 Å². The molecule has 0 radical (unpaired) electrons. The topological polar surface area (TPSA) is 68.0 Å². The van der Waals surface area contributed by atoms with E-state index in [0.717, 1.165) is 0 Å². The lowest BCUT2D eigenvalue weighted by molar-refractivity contribution is -0.146. The minimum absolute atomic E-state index is 0.172. The van der Waals surface area contributed by atoms with E-state index < -0.39 is 23.9 Å². The van der Waals surface area contributed by atoms with Gasteiger partial charge in [0.25, 0.3) is 5.82 Å². The third kappa shape index (κ3) is 3.72. The van der Waals surface area contributed by atoms with Crippen molar-refractivity contribution < 1.29 is 22.5 Å². The van der Waals surface area contributed by atoms with Crippen LogP contribution in [0.4, 0.5) is 19.2 Å². The molecule has 1 aromatic rings. The molecule has 0 saturated heterocycles. The second-order valence-corrected chi connectivity index (χ2v) is 3.70. The molecule has 1 amide bonds. The first-order valence-electron chi connectivity index (χ1n) is 4.13. The zero-order valence-electron chi connectivity index (χ0n) is 8.17. The number of carbonyl (C=O) groups excluding carboxylic acids is 1. The van der Waals surface area contributed by atoms with E-state index in [-0.39, 0.29) is 6.42 Å². The molecule has 16 heavy (non-hydrogen) atoms. The lowest BCUT2D eigenvalue weighted by atomic mass is 10.4. The van der Waals surface area contributed by atoms with Gasteiger partial charge in [-0.05, 0) is 11.4 Å². The Morgan fingerprint density at radius 1 is 1.56 bits per heavy atom. The predicted octanol–water partition coefficient (Wildman–Crippen LogP) is 1.78. The number of thioether (sulfide) groups is 1. The molecular weight excluding hydrogens is 247 g/mol. The molecule has 0 aliphatic heterocycles. The molecule has 0 unspecified atom stereocenters. The van der Waals surface area contributed by atoms with Crippen LogP contribution in [0, 0.1) is 0 Å². The molecule has 0 atom stereocenters. The third-order valence-electron chi connectivity index (χ3n) is 1.46. The minimum Gasteiger partial charge on any atom is -0.315 e. The van der Waals surface area contributed by atoms with Gasteiger partial charge in [-0.1, -0.05) is 0 Å². The number of rotatable bonds is 4. The summed E-state index contributed by atoms with van der Waals surface area (Å²) < 4.78 is 40.3. The highest BCUT2D eigenvalue weighted by Gasteiger charge is 2.37. The van der Waals surface area contributed by atoms with Crippen LogP contribution in [0.5, 0.6) is 0 Å². The van der Waals surface area contributed by atoms with Gasteiger partial charge in [-0.25, -0.2) is 0 Å². The summed E-state index contributed by atoms with van der Waals surface area (Å²) >= 11 is 1.44. The van der Waals surface area contributed by atoms with Crippen LogP contribution in [-0.4, -0.2) is 28.1 Å². The van der Waals surface area contributed by atoms with Crippen LogP contribution in [-0.2, 0) is 11.0 Å². The van der Waals surface area contributed by atoms with Gasteiger partial charge in [0.1, 0.15) is 0 Å². The van der Waals surface area contributed by atoms with Crippen molar-refractivity contribution in [1.29, 1.82) is 0 Å². The molecule has 1 aromatic heterocycles. The highest BCUT2D eigenvalue weighted by atomic mass is 32.2. The van der Waals surface area contributed by atoms with E-state index in [4.69, 9.17) is 0 Å². The van der Waals surface area contributed by atoms with Crippen molar-refractivity contribution in [3.05, 3.63) is 5.82 Å². The van der Waals surface area contributed by atoms with Gasteiger partial charge in [0.05, 0.1) is 0 Å². The molecule has 1 N–H and O–H groups in total. The predicted molar refractivity (Wildman–Crippen MR) is 50.9 cm³/mol. The number of hydrogen-bond acceptors (Lipinski definition) is 5. The number of nitrogens with one attached hydrogen (secondary N) is 1. The molecule has 5 nitrogen and oxygen atoms in total. The number of alkyl halides is 3. The summed E-state index contributed by atoms with van der Waals surface area (Å²) in [5, 5.41) is 4.77. The van der Waals surface area contributed by atoms with Crippen molar-refractivity contribution in [2.24, 2.45) is 0 Å². The fourth-order valence-electron chi connectivity index (χ4n) is 0.766. The van der Waals surface area contributed by atoms with Crippen molar-refractivity contribution in [1.82, 2.24) is 10.1 Å². The van der Waals surface area contributed by atoms with Crippen LogP contribution in [0.1, 0.15) is 12.2 Å². The van der Waals surface area contributed by atoms with Crippen molar-refractivity contribution in [2.75, 3.05) is 17.3 Å². The van der Waals surface area contributed by atoms with Gasteiger partial charge in [0.15, 0.2) is 0 Å². The molecule has 9 heteroatoms. The molecule has 0 spiro atoms. The number of nitrogens with zero attached hydrogens (tertiary/aromatic N) is 2. The van der Waals surface area contributed by atoms with Gasteiger partial charge in [-0.2, -0.15) is 29.9 Å². The van der Waals surface area contributed by atoms with Crippen LogP contribution >= 0.6 is 11.8 Å². The lowest BCUT2D eigenvalue weighted by Gasteiger charge is -1.98. The standard InChI is InChI=1S/C7H8F3N3O2S/c1-16-3-2-4(14)11-6-12-5(13-15-6)7(8,9)10/h2-3H2,1H3,(H,11,12,13,14). The summed E-state index contributed by atoms with van der Waals surface area (Å²) in [6, 6.07) is -0.543. The van der Waals surface area contributed by atoms with E-state index >= 15 is 0 Å². The number of anilines is 1. The van der Waals surface area contributed by atoms with Crippen LogP contribution in [0.15, 0.2) is 4.52 Å². The van der Waals surface area contributed by atoms with Gasteiger partial charge in [0.2, 0.25) is 5.91 Å². The maximum Gasteiger partial charge on any atom is 0.455 e. The van der Waals surface area contributed by atoms with Gasteiger partial charge >= 0.3 is 12.2 Å². The first-order valence-corrected chi connectivity index (χ1v) is 5.52. The summed E-state index contributed by atoms with van der Waals surface area (Å²) in [6.45, 7) is 0. The van der Waals surface area contributed by atoms with Crippen molar-refractivity contribution in [2.45, 2.75) is 12.6 Å². The Morgan fingerprint density at radius 2 is 2.25 bits per heavy atom. The number of hydrogen-bond donors (Lipinski definition) is 1. The summed E-state index contributed by atoms with van der Waals surface area (Å²) in [4.78, 5) is 14.1. The number of halogens is 3. The summed E-state index contributed by atoms with van der Waals surface area (Å²) in [5.74, 6) is -1.31. The van der Waals surface area contributed by atoms with Crippen LogP contribution in [0.2, 0.25) is 0 Å². The van der Waals surface area contributed by atoms with E-state index in [1.807, 2.05) is 6.26 Å². The van der Waals surface area contributed by atoms with Crippen LogP contribution in [0.25, 0.3) is 0 Å². The molecule has 0 aliphatic carbocycles. The number of amides is 1. The fourth-order valence-corrected chi connectivity index (χ4v) is 1.16. The fraction of sp³-hybridized carbons (Fsp3) is 0.571. The molecule has 0 aromatic carbocycles. The van der Waals surface area contributed by atoms with E-state index in [1.54, 1.807) is 0 Å². The summed E-state index contributed by atoms with van der Waals surface area (Å²) in [5.41, 5.74) is 0. The highest BCUT2D eigenvalue weighted by Crippen LogP contribution is 2.27. The van der Waals surface area contributed by atoms with Crippen LogP contribution < -0.4 is 5.32 Å². The minimum atomic E-state index is -4.67. The lowest BCUT2D eigenvalue weighted by Crippen LogP contribution is -2.13. The van der Waals surface area contributed by atoms with E-state index in [1.165, 1.54) is 11.8 Å². The molecule has 0 saturated carbocycles. The molecule has 0 aliphatic rings. The maximum atomic E-state index is 12.0. The van der Waals surface area contributed by atoms with E-state index in [0.29, 0.717) is 5.75 Å². The number of aromatic nitrogens is 2. The average molecular weight is 255 g/mol. The van der Waals surface area contributed by atoms with Crippen molar-refractivity contribution in [3.63, 3.8) is 0 Å². The third-order valence-corrected chi connectivity index (χ3v) is 2.07. The second kappa shape index (κ2) is 5.19. The average Bonchev–Trinajstić information content (AvgIpc) is 2.62. The van der Waals surface area contributed by atoms with Gasteiger partial charge in [0, 0.05) is 12.2 Å². The molecule has 1 rings (SSSR count). The summed E-state index contributed by atoms with van der Waals surface area (Å²) in [7, 11) is 0. The summed E-state index contributed by atoms with van der Waals surface area (Å²) in [6.07, 6.45) is -2.70. The molecule has 0 fully saturated rings. The Morgan fingerprint density at radius 3 is 2.75 bits per heavy atom. The molecule has 1 heterocycles. The monoisotopic (exact) mass is 255 g/mol. The second-order valence-electron chi connectivity index (χ2n) is 2.71. The normalized spacial score (nSPS) is 11.5. The Balaban J connectivity index is 2.56. The largest absolute Gasteiger partial charge is 0.455 e. The van der Waals surface area contributed by atoms with Crippen molar-refractivity contribution in [3.8, 4) is 0 Å². The van der Waals surface area contributed by atoms with E-state index in [2.05, 4.69) is 20.0 Å². The number of carbonyl (C=O) groups is 1. The van der Waals surface area contributed by atoms with Crippen molar-refractivity contribution >= 4 is 23.7 Å². The van der Waals surface area contributed by atoms with E-state index in [9.17, 15) is 18.0 Å². The zero-order chi connectivity index (χ0) is 12.2. The van der Waals surface area contributed by atoms with Gasteiger partial charge < -0.3 is 4.52 Å². The zero-order valence-corrected chi connectivity index (χ0v) is 8.98. The first kappa shape index (κ1) is 12.8. The smallest absolute Gasteiger partial charge is 0.315 e. The maximum absolute atomic E-state index is 12.0. The molecular formula is C7H8F3N3O2S. The molecule has 0 bridgehead atoms. The van der Waals surface area contributed by atoms with Gasteiger partial charge in [-0.15, -0.1) is 0 Å².